The molecule has 1 saturated heterocycles. The van der Waals surface area contributed by atoms with E-state index in [0.29, 0.717) is 5.92 Å². The highest BCUT2D eigenvalue weighted by Gasteiger charge is 2.51. The number of carbonyl (C=O) groups excluding carboxylic acids is 1. The summed E-state index contributed by atoms with van der Waals surface area (Å²) in [5, 5.41) is 5.40. The summed E-state index contributed by atoms with van der Waals surface area (Å²) in [6.45, 7) is 14.9. The maximum atomic E-state index is 11.7. The Morgan fingerprint density at radius 3 is 1.90 bits per heavy atom. The van der Waals surface area contributed by atoms with E-state index in [0.717, 1.165) is 25.7 Å². The number of carbonyl (C=O) groups is 1. The maximum absolute atomic E-state index is 11.7. The van der Waals surface area contributed by atoms with Crippen LogP contribution in [0.5, 0.6) is 0 Å². The van der Waals surface area contributed by atoms with Gasteiger partial charge in [0.15, 0.2) is 0 Å². The Labute approximate surface area is 130 Å². The number of nitrogens with one attached hydrogen (secondary N) is 1. The molecule has 1 N–H and O–H groups in total. The lowest BCUT2D eigenvalue weighted by molar-refractivity contribution is -0.276. The van der Waals surface area contributed by atoms with Gasteiger partial charge in [0.25, 0.3) is 0 Å². The molecule has 4 heteroatoms. The quantitative estimate of drug-likeness (QED) is 0.844. The Morgan fingerprint density at radius 1 is 1.19 bits per heavy atom. The maximum Gasteiger partial charge on any atom is 0.217 e. The average molecular weight is 298 g/mol. The van der Waals surface area contributed by atoms with Crippen molar-refractivity contribution < 1.29 is 9.63 Å². The third kappa shape index (κ3) is 3.59. The molecule has 0 saturated carbocycles. The molecule has 1 fully saturated rings. The summed E-state index contributed by atoms with van der Waals surface area (Å²) < 4.78 is 0. The fraction of sp³-hybridized carbons (Fsp3) is 0.941. The molecule has 1 heterocycles. The van der Waals surface area contributed by atoms with Crippen LogP contribution in [0.25, 0.3) is 0 Å². The lowest BCUT2D eigenvalue weighted by Crippen LogP contribution is -2.65. The van der Waals surface area contributed by atoms with Gasteiger partial charge in [0.1, 0.15) is 0 Å². The van der Waals surface area contributed by atoms with Crippen LogP contribution in [0.1, 0.15) is 74.1 Å². The topological polar surface area (TPSA) is 41.6 Å². The van der Waals surface area contributed by atoms with Crippen molar-refractivity contribution in [2.75, 3.05) is 7.11 Å². The van der Waals surface area contributed by atoms with Crippen molar-refractivity contribution in [1.29, 1.82) is 0 Å². The highest BCUT2D eigenvalue weighted by Crippen LogP contribution is 2.46. The molecule has 1 amide bonds. The van der Waals surface area contributed by atoms with Crippen LogP contribution in [0.3, 0.4) is 0 Å². The van der Waals surface area contributed by atoms with Crippen molar-refractivity contribution in [3.05, 3.63) is 0 Å². The van der Waals surface area contributed by atoms with Crippen LogP contribution in [0, 0.1) is 5.92 Å². The van der Waals surface area contributed by atoms with E-state index in [-0.39, 0.29) is 22.5 Å². The lowest BCUT2D eigenvalue weighted by atomic mass is 9.65. The molecular formula is C17H34N2O2. The average Bonchev–Trinajstić information content (AvgIpc) is 2.33. The summed E-state index contributed by atoms with van der Waals surface area (Å²) in [5.74, 6) is 0.524. The number of nitrogens with zero attached hydrogens (tertiary/aromatic N) is 1. The van der Waals surface area contributed by atoms with Crippen LogP contribution in [0.15, 0.2) is 0 Å². The van der Waals surface area contributed by atoms with Gasteiger partial charge in [0.05, 0.1) is 7.11 Å². The Kier molecular flexibility index (Phi) is 5.49. The second kappa shape index (κ2) is 6.25. The van der Waals surface area contributed by atoms with E-state index >= 15 is 0 Å². The van der Waals surface area contributed by atoms with E-state index in [1.807, 2.05) is 0 Å². The summed E-state index contributed by atoms with van der Waals surface area (Å²) in [7, 11) is 1.75. The van der Waals surface area contributed by atoms with Crippen LogP contribution in [0.2, 0.25) is 0 Å². The molecular weight excluding hydrogens is 264 g/mol. The Balaban J connectivity index is 3.15. The molecule has 0 unspecified atom stereocenters. The second-order valence-corrected chi connectivity index (χ2v) is 7.75. The summed E-state index contributed by atoms with van der Waals surface area (Å²) in [4.78, 5) is 17.4. The standard InChI is InChI=1S/C17H34N2O2/c1-9-17(10-2,18-13(3)20)14-11-15(4,5)19(21-8)16(6,7)12-14/h14H,9-12H2,1-8H3,(H,18,20). The molecule has 1 aliphatic heterocycles. The smallest absolute Gasteiger partial charge is 0.217 e. The highest BCUT2D eigenvalue weighted by molar-refractivity contribution is 5.73. The van der Waals surface area contributed by atoms with E-state index < -0.39 is 0 Å². The van der Waals surface area contributed by atoms with Gasteiger partial charge in [-0.05, 0) is 59.3 Å². The van der Waals surface area contributed by atoms with Crippen LogP contribution in [-0.2, 0) is 9.63 Å². The first-order chi connectivity index (χ1) is 9.54. The number of piperidine rings is 1. The van der Waals surface area contributed by atoms with Crippen LogP contribution in [0.4, 0.5) is 0 Å². The van der Waals surface area contributed by atoms with Crippen LogP contribution >= 0.6 is 0 Å². The zero-order valence-electron chi connectivity index (χ0n) is 15.2. The van der Waals surface area contributed by atoms with Gasteiger partial charge in [0, 0.05) is 23.5 Å². The summed E-state index contributed by atoms with van der Waals surface area (Å²) in [5.41, 5.74) is -0.204. The van der Waals surface area contributed by atoms with Crippen molar-refractivity contribution in [2.45, 2.75) is 90.8 Å². The first-order valence-electron chi connectivity index (χ1n) is 8.18. The van der Waals surface area contributed by atoms with Gasteiger partial charge in [-0.25, -0.2) is 0 Å². The molecule has 0 bridgehead atoms. The minimum Gasteiger partial charge on any atom is -0.351 e. The molecule has 0 radical (unpaired) electrons. The van der Waals surface area contributed by atoms with E-state index in [1.54, 1.807) is 14.0 Å². The van der Waals surface area contributed by atoms with Crippen molar-refractivity contribution in [3.63, 3.8) is 0 Å². The predicted molar refractivity (Wildman–Crippen MR) is 86.9 cm³/mol. The normalized spacial score (nSPS) is 23.0. The van der Waals surface area contributed by atoms with Gasteiger partial charge >= 0.3 is 0 Å². The molecule has 0 atom stereocenters. The van der Waals surface area contributed by atoms with Crippen molar-refractivity contribution in [3.8, 4) is 0 Å². The number of hydrogen-bond acceptors (Lipinski definition) is 3. The van der Waals surface area contributed by atoms with Crippen molar-refractivity contribution >= 4 is 5.91 Å². The highest BCUT2D eigenvalue weighted by atomic mass is 16.7. The summed E-state index contributed by atoms with van der Waals surface area (Å²) in [6, 6.07) is 0. The van der Waals surface area contributed by atoms with Gasteiger partial charge in [-0.2, -0.15) is 5.06 Å². The van der Waals surface area contributed by atoms with Gasteiger partial charge in [0.2, 0.25) is 5.91 Å². The van der Waals surface area contributed by atoms with Gasteiger partial charge < -0.3 is 10.2 Å². The van der Waals surface area contributed by atoms with Crippen LogP contribution < -0.4 is 5.32 Å². The van der Waals surface area contributed by atoms with E-state index in [4.69, 9.17) is 4.84 Å². The molecule has 0 aromatic heterocycles. The number of rotatable bonds is 5. The zero-order valence-corrected chi connectivity index (χ0v) is 15.2. The number of hydrogen-bond donors (Lipinski definition) is 1. The largest absolute Gasteiger partial charge is 0.351 e. The molecule has 4 nitrogen and oxygen atoms in total. The molecule has 0 spiro atoms. The monoisotopic (exact) mass is 298 g/mol. The summed E-state index contributed by atoms with van der Waals surface area (Å²) >= 11 is 0. The molecule has 21 heavy (non-hydrogen) atoms. The first-order valence-corrected chi connectivity index (χ1v) is 8.18. The molecule has 124 valence electrons. The fourth-order valence-corrected chi connectivity index (χ4v) is 4.61. The Morgan fingerprint density at radius 2 is 1.62 bits per heavy atom. The fourth-order valence-electron chi connectivity index (χ4n) is 4.61. The predicted octanol–water partition coefficient (Wildman–Crippen LogP) is 3.51. The SMILES string of the molecule is CCC(CC)(NC(C)=O)C1CC(C)(C)N(OC)C(C)(C)C1. The third-order valence-electron chi connectivity index (χ3n) is 5.24. The zero-order chi connectivity index (χ0) is 16.5. The Hall–Kier alpha value is -0.610. The minimum absolute atomic E-state index is 0.0464. The molecule has 1 rings (SSSR count). The molecule has 1 aliphatic rings. The first kappa shape index (κ1) is 18.4. The Bertz CT molecular complexity index is 355. The third-order valence-corrected chi connectivity index (χ3v) is 5.24. The number of amides is 1. The molecule has 0 aliphatic carbocycles. The van der Waals surface area contributed by atoms with Crippen molar-refractivity contribution in [1.82, 2.24) is 10.4 Å². The van der Waals surface area contributed by atoms with Gasteiger partial charge in [-0.3, -0.25) is 4.79 Å². The summed E-state index contributed by atoms with van der Waals surface area (Å²) in [6.07, 6.45) is 3.97. The molecule has 0 aromatic carbocycles. The van der Waals surface area contributed by atoms with Crippen molar-refractivity contribution in [2.24, 2.45) is 5.92 Å². The minimum atomic E-state index is -0.111. The number of hydroxylamine groups is 2. The van der Waals surface area contributed by atoms with E-state index in [1.165, 1.54) is 0 Å². The molecule has 0 aromatic rings. The van der Waals surface area contributed by atoms with Crippen LogP contribution in [-0.4, -0.2) is 34.7 Å². The second-order valence-electron chi connectivity index (χ2n) is 7.75. The van der Waals surface area contributed by atoms with E-state index in [9.17, 15) is 4.79 Å². The van der Waals surface area contributed by atoms with Gasteiger partial charge in [-0.1, -0.05) is 13.8 Å². The van der Waals surface area contributed by atoms with Gasteiger partial charge in [-0.15, -0.1) is 0 Å². The lowest BCUT2D eigenvalue weighted by Gasteiger charge is -2.57. The van der Waals surface area contributed by atoms with E-state index in [2.05, 4.69) is 51.9 Å².